The maximum atomic E-state index is 12.7. The van der Waals surface area contributed by atoms with Gasteiger partial charge < -0.3 is 29.2 Å². The Morgan fingerprint density at radius 3 is 2.90 bits per heavy atom. The summed E-state index contributed by atoms with van der Waals surface area (Å²) in [6.07, 6.45) is 5.20. The highest BCUT2D eigenvalue weighted by molar-refractivity contribution is 5.92. The molecule has 2 aromatic heterocycles. The second kappa shape index (κ2) is 13.2. The molecule has 2 N–H and O–H groups in total. The number of hydrogen-bond acceptors (Lipinski definition) is 10. The van der Waals surface area contributed by atoms with Crippen LogP contribution < -0.4 is 10.1 Å². The van der Waals surface area contributed by atoms with E-state index in [1.54, 1.807) is 17.2 Å². The number of β-amino-alcohol motifs (C(OH)–C–C–N with tert-alkyl or cyclic N) is 1. The van der Waals surface area contributed by atoms with Crippen LogP contribution in [0.2, 0.25) is 0 Å². The van der Waals surface area contributed by atoms with Gasteiger partial charge in [-0.3, -0.25) is 14.5 Å². The number of fused-ring (bicyclic) bond motifs is 1. The SMILES string of the molecule is COCC(=O)N1CC(Cc2cc(C(=O)NC[C@H](O)CN3CCc4c(ccc(OCc5cnco5)c4C)C3)ncn2)C1. The molecule has 2 aliphatic rings. The minimum Gasteiger partial charge on any atom is -0.485 e. The number of amides is 2. The molecule has 218 valence electrons. The van der Waals surface area contributed by atoms with Gasteiger partial charge >= 0.3 is 0 Å². The van der Waals surface area contributed by atoms with Gasteiger partial charge in [-0.15, -0.1) is 0 Å². The number of aromatic nitrogens is 3. The standard InChI is InChI=1S/C29H36N6O6/c1-19-25-5-6-34(13-21(25)3-4-27(19)40-15-24-10-30-18-41-24)14-23(36)9-31-29(38)26-8-22(32-17-33-26)7-20-11-35(12-20)28(37)16-39-2/h3-4,8,10,17-18,20,23,36H,5-7,9,11-16H2,1-2H3,(H,31,38)/t23-/m0/s1. The highest BCUT2D eigenvalue weighted by atomic mass is 16.5. The van der Waals surface area contributed by atoms with Crippen LogP contribution in [0.4, 0.5) is 0 Å². The van der Waals surface area contributed by atoms with Crippen LogP contribution in [0.5, 0.6) is 5.75 Å². The van der Waals surface area contributed by atoms with Crippen LogP contribution in [0.25, 0.3) is 0 Å². The maximum absolute atomic E-state index is 12.7. The van der Waals surface area contributed by atoms with Crippen LogP contribution in [0.3, 0.4) is 0 Å². The van der Waals surface area contributed by atoms with Crippen molar-refractivity contribution in [2.75, 3.05) is 46.4 Å². The molecule has 4 heterocycles. The Morgan fingerprint density at radius 1 is 1.27 bits per heavy atom. The number of aliphatic hydroxyl groups excluding tert-OH is 1. The fraction of sp³-hybridized carbons (Fsp3) is 0.483. The number of hydrogen-bond donors (Lipinski definition) is 2. The first-order valence-electron chi connectivity index (χ1n) is 13.8. The van der Waals surface area contributed by atoms with E-state index < -0.39 is 6.10 Å². The topological polar surface area (TPSA) is 143 Å². The van der Waals surface area contributed by atoms with E-state index in [2.05, 4.69) is 38.2 Å². The zero-order valence-electron chi connectivity index (χ0n) is 23.4. The minimum absolute atomic E-state index is 0.0205. The largest absolute Gasteiger partial charge is 0.485 e. The molecule has 3 aromatic rings. The van der Waals surface area contributed by atoms with Crippen molar-refractivity contribution in [3.8, 4) is 5.75 Å². The molecule has 12 nitrogen and oxygen atoms in total. The predicted octanol–water partition coefficient (Wildman–Crippen LogP) is 1.15. The van der Waals surface area contributed by atoms with Crippen molar-refractivity contribution in [3.63, 3.8) is 0 Å². The number of aliphatic hydroxyl groups is 1. The maximum Gasteiger partial charge on any atom is 0.270 e. The molecule has 1 aromatic carbocycles. The minimum atomic E-state index is -0.724. The van der Waals surface area contributed by atoms with Gasteiger partial charge in [0.25, 0.3) is 5.91 Å². The first-order valence-corrected chi connectivity index (χ1v) is 13.8. The monoisotopic (exact) mass is 564 g/mol. The van der Waals surface area contributed by atoms with E-state index in [4.69, 9.17) is 13.9 Å². The second-order valence-corrected chi connectivity index (χ2v) is 10.6. The molecule has 1 atom stereocenters. The van der Waals surface area contributed by atoms with Crippen LogP contribution in [-0.4, -0.2) is 94.2 Å². The Bertz CT molecular complexity index is 1340. The average Bonchev–Trinajstić information content (AvgIpc) is 3.47. The summed E-state index contributed by atoms with van der Waals surface area (Å²) >= 11 is 0. The molecule has 0 spiro atoms. The number of nitrogens with one attached hydrogen (secondary N) is 1. The number of likely N-dealkylation sites (tertiary alicyclic amines) is 1. The number of carbonyl (C=O) groups excluding carboxylic acids is 2. The Hall–Kier alpha value is -3.87. The van der Waals surface area contributed by atoms with E-state index in [0.29, 0.717) is 50.9 Å². The summed E-state index contributed by atoms with van der Waals surface area (Å²) in [6.45, 7) is 5.87. The van der Waals surface area contributed by atoms with Gasteiger partial charge in [0, 0.05) is 52.1 Å². The second-order valence-electron chi connectivity index (χ2n) is 10.6. The van der Waals surface area contributed by atoms with Gasteiger partial charge in [-0.1, -0.05) is 6.07 Å². The van der Waals surface area contributed by atoms with Gasteiger partial charge in [0.15, 0.2) is 12.2 Å². The van der Waals surface area contributed by atoms with Crippen LogP contribution in [0, 0.1) is 12.8 Å². The quantitative estimate of drug-likeness (QED) is 0.329. The molecule has 0 bridgehead atoms. The number of benzene rings is 1. The number of oxazole rings is 1. The number of methoxy groups -OCH3 is 1. The first kappa shape index (κ1) is 28.7. The lowest BCUT2D eigenvalue weighted by Crippen LogP contribution is -2.51. The predicted molar refractivity (Wildman–Crippen MR) is 147 cm³/mol. The summed E-state index contributed by atoms with van der Waals surface area (Å²) in [4.78, 5) is 40.8. The molecule has 12 heteroatoms. The lowest BCUT2D eigenvalue weighted by Gasteiger charge is -2.39. The summed E-state index contributed by atoms with van der Waals surface area (Å²) in [7, 11) is 1.50. The summed E-state index contributed by atoms with van der Waals surface area (Å²) < 4.78 is 16.1. The molecule has 41 heavy (non-hydrogen) atoms. The number of nitrogens with zero attached hydrogens (tertiary/aromatic N) is 5. The zero-order chi connectivity index (χ0) is 28.8. The van der Waals surface area contributed by atoms with Crippen molar-refractivity contribution in [2.24, 2.45) is 5.92 Å². The Morgan fingerprint density at radius 2 is 2.12 bits per heavy atom. The third-order valence-corrected chi connectivity index (χ3v) is 7.57. The summed E-state index contributed by atoms with van der Waals surface area (Å²) in [5.74, 6) is 1.42. The molecule has 0 unspecified atom stereocenters. The molecule has 2 amide bonds. The van der Waals surface area contributed by atoms with E-state index >= 15 is 0 Å². The van der Waals surface area contributed by atoms with E-state index in [0.717, 1.165) is 30.0 Å². The molecular formula is C29H36N6O6. The van der Waals surface area contributed by atoms with Gasteiger partial charge in [0.1, 0.15) is 31.0 Å². The van der Waals surface area contributed by atoms with Gasteiger partial charge in [0.2, 0.25) is 5.91 Å². The van der Waals surface area contributed by atoms with Crippen LogP contribution in [0.1, 0.15) is 38.6 Å². The number of carbonyl (C=O) groups is 2. The van der Waals surface area contributed by atoms with E-state index in [1.165, 1.54) is 31.0 Å². The smallest absolute Gasteiger partial charge is 0.270 e. The van der Waals surface area contributed by atoms with Crippen molar-refractivity contribution in [2.45, 2.75) is 39.0 Å². The summed E-state index contributed by atoms with van der Waals surface area (Å²) in [5, 5.41) is 13.5. The van der Waals surface area contributed by atoms with Gasteiger partial charge in [-0.25, -0.2) is 15.0 Å². The van der Waals surface area contributed by atoms with Gasteiger partial charge in [-0.2, -0.15) is 0 Å². The average molecular weight is 565 g/mol. The number of ether oxygens (including phenoxy) is 2. The molecule has 1 saturated heterocycles. The first-order chi connectivity index (χ1) is 19.9. The lowest BCUT2D eigenvalue weighted by molar-refractivity contribution is -0.141. The van der Waals surface area contributed by atoms with E-state index in [-0.39, 0.29) is 30.7 Å². The normalized spacial score (nSPS) is 16.1. The third kappa shape index (κ3) is 7.26. The Kier molecular flexibility index (Phi) is 9.22. The number of rotatable bonds is 12. The molecule has 2 aliphatic heterocycles. The van der Waals surface area contributed by atoms with Crippen molar-refractivity contribution >= 4 is 11.8 Å². The Labute approximate surface area is 238 Å². The molecule has 1 fully saturated rings. The van der Waals surface area contributed by atoms with Gasteiger partial charge in [-0.05, 0) is 54.5 Å². The van der Waals surface area contributed by atoms with Crippen LogP contribution >= 0.6 is 0 Å². The highest BCUT2D eigenvalue weighted by Gasteiger charge is 2.31. The summed E-state index contributed by atoms with van der Waals surface area (Å²) in [5.41, 5.74) is 4.62. The molecule has 5 rings (SSSR count). The molecule has 0 aliphatic carbocycles. The van der Waals surface area contributed by atoms with Crippen LogP contribution in [0.15, 0.2) is 41.5 Å². The van der Waals surface area contributed by atoms with Crippen molar-refractivity contribution in [1.29, 1.82) is 0 Å². The van der Waals surface area contributed by atoms with Crippen molar-refractivity contribution < 1.29 is 28.6 Å². The zero-order valence-corrected chi connectivity index (χ0v) is 23.4. The summed E-state index contributed by atoms with van der Waals surface area (Å²) in [6, 6.07) is 5.72. The van der Waals surface area contributed by atoms with Crippen LogP contribution in [-0.2, 0) is 35.5 Å². The Balaban J connectivity index is 1.06. The van der Waals surface area contributed by atoms with E-state index in [9.17, 15) is 14.7 Å². The molecule has 0 saturated carbocycles. The molecule has 0 radical (unpaired) electrons. The fourth-order valence-electron chi connectivity index (χ4n) is 5.36. The van der Waals surface area contributed by atoms with Crippen molar-refractivity contribution in [1.82, 2.24) is 30.1 Å². The molecular weight excluding hydrogens is 528 g/mol. The fourth-order valence-corrected chi connectivity index (χ4v) is 5.36. The highest BCUT2D eigenvalue weighted by Crippen LogP contribution is 2.30. The third-order valence-electron chi connectivity index (χ3n) is 7.57. The van der Waals surface area contributed by atoms with Crippen molar-refractivity contribution in [3.05, 3.63) is 71.0 Å². The van der Waals surface area contributed by atoms with Gasteiger partial charge in [0.05, 0.1) is 12.3 Å². The lowest BCUT2D eigenvalue weighted by atomic mass is 9.94. The van der Waals surface area contributed by atoms with E-state index in [1.807, 2.05) is 6.07 Å².